The fourth-order valence-corrected chi connectivity index (χ4v) is 2.85. The SMILES string of the molecule is CCOC(=O)c1oc2c(c1C)/C(=N/NC(=O)c1cccnc1)CCC2. The summed E-state index contributed by atoms with van der Waals surface area (Å²) in [6.45, 7) is 3.83. The van der Waals surface area contributed by atoms with E-state index in [0.29, 0.717) is 29.0 Å². The molecule has 3 rings (SSSR count). The van der Waals surface area contributed by atoms with E-state index in [1.54, 1.807) is 32.2 Å². The number of furan rings is 1. The average molecular weight is 341 g/mol. The molecule has 7 heteroatoms. The number of carbonyl (C=O) groups excluding carboxylic acids is 2. The fraction of sp³-hybridized carbons (Fsp3) is 0.333. The van der Waals surface area contributed by atoms with Crippen molar-refractivity contribution in [2.45, 2.75) is 33.1 Å². The van der Waals surface area contributed by atoms with Gasteiger partial charge in [-0.2, -0.15) is 5.10 Å². The Balaban J connectivity index is 1.86. The standard InChI is InChI=1S/C18H19N3O4/c1-3-24-18(23)16-11(2)15-13(7-4-8-14(15)25-16)20-21-17(22)12-6-5-9-19-10-12/h5-6,9-10H,3-4,7-8H2,1-2H3,(H,21,22)/b20-13+. The number of aromatic nitrogens is 1. The van der Waals surface area contributed by atoms with Crippen LogP contribution in [-0.2, 0) is 11.2 Å². The fourth-order valence-electron chi connectivity index (χ4n) is 2.85. The summed E-state index contributed by atoms with van der Waals surface area (Å²) in [5.41, 5.74) is 5.17. The Morgan fingerprint density at radius 1 is 1.40 bits per heavy atom. The van der Waals surface area contributed by atoms with Gasteiger partial charge in [0.15, 0.2) is 0 Å². The van der Waals surface area contributed by atoms with Gasteiger partial charge >= 0.3 is 5.97 Å². The zero-order chi connectivity index (χ0) is 17.8. The van der Waals surface area contributed by atoms with E-state index in [1.165, 1.54) is 6.20 Å². The first-order chi connectivity index (χ1) is 12.1. The number of pyridine rings is 1. The summed E-state index contributed by atoms with van der Waals surface area (Å²) >= 11 is 0. The van der Waals surface area contributed by atoms with Crippen molar-refractivity contribution in [3.8, 4) is 0 Å². The molecule has 0 unspecified atom stereocenters. The smallest absolute Gasteiger partial charge is 0.374 e. The molecule has 0 aliphatic heterocycles. The second kappa shape index (κ2) is 7.29. The number of esters is 1. The first-order valence-electron chi connectivity index (χ1n) is 8.18. The van der Waals surface area contributed by atoms with Crippen molar-refractivity contribution in [2.75, 3.05) is 6.61 Å². The van der Waals surface area contributed by atoms with E-state index in [4.69, 9.17) is 9.15 Å². The summed E-state index contributed by atoms with van der Waals surface area (Å²) < 4.78 is 10.7. The minimum Gasteiger partial charge on any atom is -0.460 e. The van der Waals surface area contributed by atoms with Gasteiger partial charge in [-0.15, -0.1) is 0 Å². The van der Waals surface area contributed by atoms with Gasteiger partial charge in [0, 0.05) is 29.9 Å². The van der Waals surface area contributed by atoms with Crippen LogP contribution in [0.4, 0.5) is 0 Å². The summed E-state index contributed by atoms with van der Waals surface area (Å²) in [7, 11) is 0. The third kappa shape index (κ3) is 3.45. The molecular weight excluding hydrogens is 322 g/mol. The van der Waals surface area contributed by atoms with Crippen LogP contribution in [0.5, 0.6) is 0 Å². The highest BCUT2D eigenvalue weighted by atomic mass is 16.5. The molecule has 0 atom stereocenters. The van der Waals surface area contributed by atoms with E-state index in [9.17, 15) is 9.59 Å². The molecule has 0 radical (unpaired) electrons. The molecule has 0 saturated carbocycles. The second-order valence-corrected chi connectivity index (χ2v) is 5.67. The van der Waals surface area contributed by atoms with Crippen molar-refractivity contribution in [2.24, 2.45) is 5.10 Å². The first kappa shape index (κ1) is 16.9. The number of hydrogen-bond acceptors (Lipinski definition) is 6. The number of fused-ring (bicyclic) bond motifs is 1. The molecule has 1 N–H and O–H groups in total. The quantitative estimate of drug-likeness (QED) is 0.681. The van der Waals surface area contributed by atoms with E-state index in [-0.39, 0.29) is 18.3 Å². The number of ether oxygens (including phenoxy) is 1. The van der Waals surface area contributed by atoms with Gasteiger partial charge in [-0.05, 0) is 38.8 Å². The van der Waals surface area contributed by atoms with Crippen LogP contribution in [0.2, 0.25) is 0 Å². The van der Waals surface area contributed by atoms with E-state index in [1.807, 2.05) is 0 Å². The van der Waals surface area contributed by atoms with Crippen LogP contribution in [0, 0.1) is 6.92 Å². The van der Waals surface area contributed by atoms with Crippen LogP contribution in [0.25, 0.3) is 0 Å². The molecule has 1 amide bonds. The average Bonchev–Trinajstić information content (AvgIpc) is 2.98. The molecule has 0 aromatic carbocycles. The highest BCUT2D eigenvalue weighted by Gasteiger charge is 2.28. The Hall–Kier alpha value is -2.96. The molecule has 0 fully saturated rings. The largest absolute Gasteiger partial charge is 0.460 e. The number of nitrogens with one attached hydrogen (secondary N) is 1. The Kier molecular flexibility index (Phi) is 4.92. The van der Waals surface area contributed by atoms with Crippen molar-refractivity contribution < 1.29 is 18.7 Å². The molecule has 25 heavy (non-hydrogen) atoms. The number of hydrogen-bond donors (Lipinski definition) is 1. The summed E-state index contributed by atoms with van der Waals surface area (Å²) in [5.74, 6) is 0.105. The van der Waals surface area contributed by atoms with Gasteiger partial charge < -0.3 is 9.15 Å². The minimum atomic E-state index is -0.479. The Morgan fingerprint density at radius 3 is 2.96 bits per heavy atom. The van der Waals surface area contributed by atoms with Gasteiger partial charge in [0.05, 0.1) is 17.9 Å². The predicted octanol–water partition coefficient (Wildman–Crippen LogP) is 2.63. The molecule has 7 nitrogen and oxygen atoms in total. The molecule has 2 aromatic rings. The Labute approximate surface area is 145 Å². The molecule has 1 aliphatic carbocycles. The first-order valence-corrected chi connectivity index (χ1v) is 8.18. The molecule has 2 heterocycles. The van der Waals surface area contributed by atoms with Gasteiger partial charge in [-0.25, -0.2) is 10.2 Å². The number of rotatable bonds is 4. The monoisotopic (exact) mass is 341 g/mol. The normalized spacial score (nSPS) is 14.9. The molecule has 0 spiro atoms. The van der Waals surface area contributed by atoms with Gasteiger partial charge in [-0.1, -0.05) is 0 Å². The lowest BCUT2D eigenvalue weighted by Gasteiger charge is -2.13. The highest BCUT2D eigenvalue weighted by molar-refractivity contribution is 6.06. The predicted molar refractivity (Wildman–Crippen MR) is 90.6 cm³/mol. The number of aryl methyl sites for hydroxylation is 1. The van der Waals surface area contributed by atoms with Crippen LogP contribution in [0.15, 0.2) is 34.0 Å². The van der Waals surface area contributed by atoms with Gasteiger partial charge in [0.2, 0.25) is 5.76 Å². The summed E-state index contributed by atoms with van der Waals surface area (Å²) in [4.78, 5) is 28.1. The molecule has 2 aromatic heterocycles. The Bertz CT molecular complexity index is 824. The van der Waals surface area contributed by atoms with Crippen LogP contribution >= 0.6 is 0 Å². The minimum absolute atomic E-state index is 0.208. The van der Waals surface area contributed by atoms with Crippen molar-refractivity contribution in [1.29, 1.82) is 0 Å². The summed E-state index contributed by atoms with van der Waals surface area (Å²) in [5, 5.41) is 4.26. The Morgan fingerprint density at radius 2 is 2.24 bits per heavy atom. The third-order valence-electron chi connectivity index (χ3n) is 4.00. The van der Waals surface area contributed by atoms with E-state index in [0.717, 1.165) is 18.4 Å². The third-order valence-corrected chi connectivity index (χ3v) is 4.00. The molecular formula is C18H19N3O4. The van der Waals surface area contributed by atoms with E-state index < -0.39 is 5.97 Å². The maximum absolute atomic E-state index is 12.1. The van der Waals surface area contributed by atoms with Crippen LogP contribution in [-0.4, -0.2) is 29.2 Å². The zero-order valence-corrected chi connectivity index (χ0v) is 14.2. The number of hydrazone groups is 1. The van der Waals surface area contributed by atoms with Crippen LogP contribution in [0.3, 0.4) is 0 Å². The summed E-state index contributed by atoms with van der Waals surface area (Å²) in [6, 6.07) is 3.35. The van der Waals surface area contributed by atoms with Gasteiger partial charge in [0.25, 0.3) is 5.91 Å². The summed E-state index contributed by atoms with van der Waals surface area (Å²) in [6.07, 6.45) is 5.34. The van der Waals surface area contributed by atoms with E-state index >= 15 is 0 Å². The lowest BCUT2D eigenvalue weighted by atomic mass is 9.93. The second-order valence-electron chi connectivity index (χ2n) is 5.67. The maximum atomic E-state index is 12.1. The van der Waals surface area contributed by atoms with Crippen LogP contribution < -0.4 is 5.43 Å². The molecule has 0 bridgehead atoms. The topological polar surface area (TPSA) is 93.8 Å². The highest BCUT2D eigenvalue weighted by Crippen LogP contribution is 2.30. The van der Waals surface area contributed by atoms with E-state index in [2.05, 4.69) is 15.5 Å². The lowest BCUT2D eigenvalue weighted by Crippen LogP contribution is -2.22. The number of carbonyl (C=O) groups is 2. The molecule has 130 valence electrons. The lowest BCUT2D eigenvalue weighted by molar-refractivity contribution is 0.0486. The van der Waals surface area contributed by atoms with Crippen LogP contribution in [0.1, 0.15) is 57.6 Å². The molecule has 1 aliphatic rings. The zero-order valence-electron chi connectivity index (χ0n) is 14.2. The maximum Gasteiger partial charge on any atom is 0.374 e. The molecule has 0 saturated heterocycles. The number of amides is 1. The van der Waals surface area contributed by atoms with Crippen molar-refractivity contribution in [3.05, 3.63) is 52.7 Å². The van der Waals surface area contributed by atoms with Gasteiger partial charge in [0.1, 0.15) is 5.76 Å². The van der Waals surface area contributed by atoms with Crippen molar-refractivity contribution in [1.82, 2.24) is 10.4 Å². The van der Waals surface area contributed by atoms with Gasteiger partial charge in [-0.3, -0.25) is 9.78 Å². The van der Waals surface area contributed by atoms with Crippen molar-refractivity contribution >= 4 is 17.6 Å². The number of nitrogens with zero attached hydrogens (tertiary/aromatic N) is 2. The van der Waals surface area contributed by atoms with Crippen molar-refractivity contribution in [3.63, 3.8) is 0 Å².